The molecule has 1 aliphatic rings. The second-order valence-corrected chi connectivity index (χ2v) is 3.71. The fraction of sp³-hybridized carbons (Fsp3) is 1.00. The summed E-state index contributed by atoms with van der Waals surface area (Å²) in [4.78, 5) is 0. The summed E-state index contributed by atoms with van der Waals surface area (Å²) < 4.78 is 0. The Kier molecular flexibility index (Phi) is 3.34. The molecule has 2 nitrogen and oxygen atoms in total. The van der Waals surface area contributed by atoms with Crippen molar-refractivity contribution in [3.05, 3.63) is 0 Å². The van der Waals surface area contributed by atoms with Crippen LogP contribution >= 0.6 is 0 Å². The largest absolute Gasteiger partial charge is 0.396 e. The molecule has 0 aromatic carbocycles. The van der Waals surface area contributed by atoms with Gasteiger partial charge in [0.25, 0.3) is 0 Å². The Morgan fingerprint density at radius 2 is 2.09 bits per heavy atom. The van der Waals surface area contributed by atoms with Gasteiger partial charge in [-0.2, -0.15) is 0 Å². The first-order chi connectivity index (χ1) is 5.24. The summed E-state index contributed by atoms with van der Waals surface area (Å²) in [6.07, 6.45) is 3.65. The van der Waals surface area contributed by atoms with E-state index in [1.165, 1.54) is 12.8 Å². The molecule has 0 aromatic heterocycles. The highest BCUT2D eigenvalue weighted by atomic mass is 16.3. The van der Waals surface area contributed by atoms with E-state index in [0.29, 0.717) is 18.7 Å². The van der Waals surface area contributed by atoms with Crippen molar-refractivity contribution in [3.63, 3.8) is 0 Å². The Labute approximate surface area is 69.0 Å². The maximum absolute atomic E-state index is 8.66. The minimum Gasteiger partial charge on any atom is -0.396 e. The van der Waals surface area contributed by atoms with Gasteiger partial charge in [-0.3, -0.25) is 0 Å². The normalized spacial score (nSPS) is 23.2. The molecule has 1 fully saturated rings. The van der Waals surface area contributed by atoms with Crippen molar-refractivity contribution in [3.8, 4) is 0 Å². The van der Waals surface area contributed by atoms with Crippen LogP contribution in [0.3, 0.4) is 0 Å². The summed E-state index contributed by atoms with van der Waals surface area (Å²) in [5.41, 5.74) is 0. The molecule has 0 aromatic rings. The van der Waals surface area contributed by atoms with Crippen LogP contribution in [0, 0.1) is 5.92 Å². The van der Waals surface area contributed by atoms with Gasteiger partial charge in [-0.15, -0.1) is 0 Å². The van der Waals surface area contributed by atoms with Crippen molar-refractivity contribution in [2.45, 2.75) is 45.2 Å². The van der Waals surface area contributed by atoms with E-state index in [-0.39, 0.29) is 0 Å². The molecule has 11 heavy (non-hydrogen) atoms. The van der Waals surface area contributed by atoms with Crippen molar-refractivity contribution < 1.29 is 5.11 Å². The van der Waals surface area contributed by atoms with Gasteiger partial charge in [-0.1, -0.05) is 0 Å². The zero-order valence-corrected chi connectivity index (χ0v) is 7.51. The van der Waals surface area contributed by atoms with Gasteiger partial charge in [0.2, 0.25) is 0 Å². The molecule has 0 spiro atoms. The van der Waals surface area contributed by atoms with Gasteiger partial charge >= 0.3 is 0 Å². The lowest BCUT2D eigenvalue weighted by molar-refractivity contribution is 0.262. The van der Waals surface area contributed by atoms with Crippen LogP contribution in [-0.2, 0) is 0 Å². The van der Waals surface area contributed by atoms with Gasteiger partial charge in [-0.05, 0) is 39.0 Å². The highest BCUT2D eigenvalue weighted by Gasteiger charge is 2.28. The van der Waals surface area contributed by atoms with Crippen molar-refractivity contribution in [2.75, 3.05) is 6.61 Å². The molecule has 0 amide bonds. The topological polar surface area (TPSA) is 32.3 Å². The summed E-state index contributed by atoms with van der Waals surface area (Å²) in [5, 5.41) is 12.1. The zero-order chi connectivity index (χ0) is 8.27. The predicted molar refractivity (Wildman–Crippen MR) is 46.5 cm³/mol. The summed E-state index contributed by atoms with van der Waals surface area (Å²) >= 11 is 0. The van der Waals surface area contributed by atoms with Crippen LogP contribution in [0.15, 0.2) is 0 Å². The Morgan fingerprint density at radius 1 is 1.45 bits per heavy atom. The Bertz CT molecular complexity index is 112. The average Bonchev–Trinajstić information content (AvgIpc) is 2.67. The van der Waals surface area contributed by atoms with Crippen molar-refractivity contribution >= 4 is 0 Å². The van der Waals surface area contributed by atoms with Gasteiger partial charge in [-0.25, -0.2) is 0 Å². The number of nitrogens with one attached hydrogen (secondary N) is 1. The van der Waals surface area contributed by atoms with E-state index in [4.69, 9.17) is 5.11 Å². The van der Waals surface area contributed by atoms with E-state index in [1.807, 2.05) is 0 Å². The zero-order valence-electron chi connectivity index (χ0n) is 7.51. The van der Waals surface area contributed by atoms with Crippen LogP contribution in [0.1, 0.15) is 33.1 Å². The van der Waals surface area contributed by atoms with Crippen LogP contribution in [0.25, 0.3) is 0 Å². The maximum Gasteiger partial charge on any atom is 0.0445 e. The SMILES string of the molecule is CC(N[C@H](C)CCO)C1CC1. The molecule has 1 saturated carbocycles. The fourth-order valence-electron chi connectivity index (χ4n) is 1.46. The number of rotatable bonds is 5. The number of hydrogen-bond donors (Lipinski definition) is 2. The molecule has 1 aliphatic carbocycles. The van der Waals surface area contributed by atoms with E-state index in [1.54, 1.807) is 0 Å². The maximum atomic E-state index is 8.66. The van der Waals surface area contributed by atoms with Crippen LogP contribution in [0.4, 0.5) is 0 Å². The lowest BCUT2D eigenvalue weighted by Gasteiger charge is -2.18. The summed E-state index contributed by atoms with van der Waals surface area (Å²) in [5.74, 6) is 0.913. The van der Waals surface area contributed by atoms with Gasteiger partial charge in [0.1, 0.15) is 0 Å². The highest BCUT2D eigenvalue weighted by Crippen LogP contribution is 2.32. The molecule has 1 rings (SSSR count). The highest BCUT2D eigenvalue weighted by molar-refractivity contribution is 4.84. The van der Waals surface area contributed by atoms with Crippen molar-refractivity contribution in [1.29, 1.82) is 0 Å². The first-order valence-electron chi connectivity index (χ1n) is 4.61. The summed E-state index contributed by atoms with van der Waals surface area (Å²) in [7, 11) is 0. The molecular weight excluding hydrogens is 138 g/mol. The Balaban J connectivity index is 2.07. The minimum atomic E-state index is 0.297. The fourth-order valence-corrected chi connectivity index (χ4v) is 1.46. The number of aliphatic hydroxyl groups is 1. The van der Waals surface area contributed by atoms with Crippen LogP contribution < -0.4 is 5.32 Å². The van der Waals surface area contributed by atoms with E-state index >= 15 is 0 Å². The number of hydrogen-bond acceptors (Lipinski definition) is 2. The minimum absolute atomic E-state index is 0.297. The molecule has 2 heteroatoms. The van der Waals surface area contributed by atoms with E-state index in [2.05, 4.69) is 19.2 Å². The Morgan fingerprint density at radius 3 is 2.55 bits per heavy atom. The predicted octanol–water partition coefficient (Wildman–Crippen LogP) is 1.15. The first-order valence-corrected chi connectivity index (χ1v) is 4.61. The quantitative estimate of drug-likeness (QED) is 0.627. The first kappa shape index (κ1) is 9.01. The second kappa shape index (κ2) is 4.07. The molecule has 66 valence electrons. The van der Waals surface area contributed by atoms with Crippen LogP contribution in [0.2, 0.25) is 0 Å². The molecule has 0 bridgehead atoms. The van der Waals surface area contributed by atoms with Crippen molar-refractivity contribution in [2.24, 2.45) is 5.92 Å². The lowest BCUT2D eigenvalue weighted by atomic mass is 10.1. The van der Waals surface area contributed by atoms with E-state index in [9.17, 15) is 0 Å². The summed E-state index contributed by atoms with van der Waals surface area (Å²) in [6.45, 7) is 4.67. The van der Waals surface area contributed by atoms with Crippen LogP contribution in [-0.4, -0.2) is 23.8 Å². The number of aliphatic hydroxyl groups excluding tert-OH is 1. The molecule has 0 radical (unpaired) electrons. The van der Waals surface area contributed by atoms with E-state index < -0.39 is 0 Å². The molecular formula is C9H19NO. The third-order valence-electron chi connectivity index (χ3n) is 2.44. The van der Waals surface area contributed by atoms with Gasteiger partial charge in [0, 0.05) is 18.7 Å². The molecule has 0 saturated heterocycles. The van der Waals surface area contributed by atoms with Gasteiger partial charge in [0.05, 0.1) is 0 Å². The molecule has 2 atom stereocenters. The molecule has 0 aliphatic heterocycles. The van der Waals surface area contributed by atoms with E-state index in [0.717, 1.165) is 12.3 Å². The second-order valence-electron chi connectivity index (χ2n) is 3.71. The monoisotopic (exact) mass is 157 g/mol. The third kappa shape index (κ3) is 3.21. The molecule has 1 unspecified atom stereocenters. The van der Waals surface area contributed by atoms with Crippen molar-refractivity contribution in [1.82, 2.24) is 5.32 Å². The molecule has 0 heterocycles. The lowest BCUT2D eigenvalue weighted by Crippen LogP contribution is -2.36. The average molecular weight is 157 g/mol. The summed E-state index contributed by atoms with van der Waals surface area (Å²) in [6, 6.07) is 1.12. The standard InChI is InChI=1S/C9H19NO/c1-7(5-6-11)10-8(2)9-3-4-9/h7-11H,3-6H2,1-2H3/t7-,8?/m1/s1. The molecule has 2 N–H and O–H groups in total. The smallest absolute Gasteiger partial charge is 0.0445 e. The van der Waals surface area contributed by atoms with Gasteiger partial charge < -0.3 is 10.4 Å². The van der Waals surface area contributed by atoms with Gasteiger partial charge in [0.15, 0.2) is 0 Å². The van der Waals surface area contributed by atoms with Crippen LogP contribution in [0.5, 0.6) is 0 Å². The Hall–Kier alpha value is -0.0800. The third-order valence-corrected chi connectivity index (χ3v) is 2.44.